The highest BCUT2D eigenvalue weighted by Crippen LogP contribution is 2.23. The first kappa shape index (κ1) is 65.4. The van der Waals surface area contributed by atoms with Crippen molar-refractivity contribution >= 4 is 5.91 Å². The van der Waals surface area contributed by atoms with Crippen LogP contribution in [-0.4, -0.2) is 87.5 Å². The molecule has 0 aliphatic carbocycles. The maximum atomic E-state index is 13.0. The lowest BCUT2D eigenvalue weighted by atomic mass is 9.99. The van der Waals surface area contributed by atoms with Crippen LogP contribution in [-0.2, 0) is 14.3 Å². The van der Waals surface area contributed by atoms with E-state index in [4.69, 9.17) is 9.47 Å². The van der Waals surface area contributed by atoms with Crippen molar-refractivity contribution in [2.24, 2.45) is 0 Å². The first-order valence-corrected chi connectivity index (χ1v) is 29.7. The van der Waals surface area contributed by atoms with Gasteiger partial charge >= 0.3 is 0 Å². The molecule has 69 heavy (non-hydrogen) atoms. The Morgan fingerprint density at radius 3 is 1.23 bits per heavy atom. The fourth-order valence-corrected chi connectivity index (χ4v) is 9.46. The molecule has 7 atom stereocenters. The lowest BCUT2D eigenvalue weighted by molar-refractivity contribution is -0.302. The van der Waals surface area contributed by atoms with Gasteiger partial charge in [0, 0.05) is 6.42 Å². The van der Waals surface area contributed by atoms with Crippen LogP contribution in [0.15, 0.2) is 36.5 Å². The Morgan fingerprint density at radius 1 is 0.478 bits per heavy atom. The lowest BCUT2D eigenvalue weighted by Crippen LogP contribution is -2.60. The number of hydrogen-bond donors (Lipinski definition) is 6. The smallest absolute Gasteiger partial charge is 0.220 e. The van der Waals surface area contributed by atoms with Gasteiger partial charge in [0.2, 0.25) is 5.91 Å². The van der Waals surface area contributed by atoms with Crippen molar-refractivity contribution in [2.45, 2.75) is 326 Å². The summed E-state index contributed by atoms with van der Waals surface area (Å²) >= 11 is 0. The Labute approximate surface area is 425 Å². The molecule has 0 aromatic carbocycles. The molecular formula is C60H113NO8. The fourth-order valence-electron chi connectivity index (χ4n) is 9.46. The Bertz CT molecular complexity index is 1180. The molecule has 7 unspecified atom stereocenters. The summed E-state index contributed by atoms with van der Waals surface area (Å²) in [5, 5.41) is 54.4. The van der Waals surface area contributed by atoms with E-state index < -0.39 is 49.5 Å². The summed E-state index contributed by atoms with van der Waals surface area (Å²) < 4.78 is 11.2. The van der Waals surface area contributed by atoms with Crippen molar-refractivity contribution in [1.82, 2.24) is 5.32 Å². The summed E-state index contributed by atoms with van der Waals surface area (Å²) in [5.41, 5.74) is 0. The van der Waals surface area contributed by atoms with Gasteiger partial charge in [0.05, 0.1) is 25.4 Å². The van der Waals surface area contributed by atoms with Crippen LogP contribution in [0.25, 0.3) is 0 Å². The van der Waals surface area contributed by atoms with Gasteiger partial charge in [-0.2, -0.15) is 0 Å². The minimum absolute atomic E-state index is 0.194. The molecule has 0 aromatic rings. The summed E-state index contributed by atoms with van der Waals surface area (Å²) in [4.78, 5) is 13.0. The van der Waals surface area contributed by atoms with Gasteiger partial charge in [-0.25, -0.2) is 0 Å². The SMILES string of the molecule is CCCCCC/C=C\CCCCCCCC(=O)NC(COC1OC(CO)C(O)C(O)C1O)C(O)/C=C/CC/C=C/CCCCCCCCCCCCCCCCCCCCCCCCCCCCC. The molecule has 1 aliphatic rings. The van der Waals surface area contributed by atoms with E-state index in [-0.39, 0.29) is 12.5 Å². The van der Waals surface area contributed by atoms with Crippen molar-refractivity contribution < 1.29 is 39.8 Å². The summed E-state index contributed by atoms with van der Waals surface area (Å²) in [6.07, 6.45) is 58.2. The molecule has 9 nitrogen and oxygen atoms in total. The lowest BCUT2D eigenvalue weighted by Gasteiger charge is -2.40. The van der Waals surface area contributed by atoms with Crippen LogP contribution in [0.3, 0.4) is 0 Å². The second kappa shape index (κ2) is 50.0. The van der Waals surface area contributed by atoms with Crippen molar-refractivity contribution in [3.05, 3.63) is 36.5 Å². The molecule has 6 N–H and O–H groups in total. The van der Waals surface area contributed by atoms with Crippen LogP contribution in [0, 0.1) is 0 Å². The molecule has 1 amide bonds. The van der Waals surface area contributed by atoms with E-state index in [9.17, 15) is 30.3 Å². The number of carbonyl (C=O) groups excluding carboxylic acids is 1. The number of unbranched alkanes of at least 4 members (excludes halogenated alkanes) is 37. The third-order valence-electron chi connectivity index (χ3n) is 14.2. The second-order valence-corrected chi connectivity index (χ2v) is 20.8. The van der Waals surface area contributed by atoms with E-state index >= 15 is 0 Å². The van der Waals surface area contributed by atoms with Gasteiger partial charge in [0.1, 0.15) is 24.4 Å². The highest BCUT2D eigenvalue weighted by molar-refractivity contribution is 5.76. The highest BCUT2D eigenvalue weighted by atomic mass is 16.7. The fraction of sp³-hybridized carbons (Fsp3) is 0.883. The third kappa shape index (κ3) is 39.6. The number of carbonyl (C=O) groups is 1. The molecule has 0 spiro atoms. The molecule has 0 radical (unpaired) electrons. The molecule has 1 aliphatic heterocycles. The molecule has 1 heterocycles. The van der Waals surface area contributed by atoms with Crippen LogP contribution in [0.1, 0.15) is 284 Å². The Hall–Kier alpha value is -1.59. The first-order chi connectivity index (χ1) is 33.8. The average Bonchev–Trinajstić information content (AvgIpc) is 3.35. The molecule has 0 saturated carbocycles. The van der Waals surface area contributed by atoms with Gasteiger partial charge in [0.25, 0.3) is 0 Å². The monoisotopic (exact) mass is 976 g/mol. The molecule has 406 valence electrons. The van der Waals surface area contributed by atoms with Gasteiger partial charge in [-0.3, -0.25) is 4.79 Å². The minimum Gasteiger partial charge on any atom is -0.394 e. The average molecular weight is 977 g/mol. The van der Waals surface area contributed by atoms with Gasteiger partial charge in [-0.1, -0.05) is 256 Å². The number of allylic oxidation sites excluding steroid dienone is 5. The molecular weight excluding hydrogens is 863 g/mol. The van der Waals surface area contributed by atoms with E-state index in [1.54, 1.807) is 6.08 Å². The van der Waals surface area contributed by atoms with Gasteiger partial charge in [0.15, 0.2) is 6.29 Å². The zero-order valence-electron chi connectivity index (χ0n) is 45.1. The van der Waals surface area contributed by atoms with Crippen LogP contribution in [0.4, 0.5) is 0 Å². The number of rotatable bonds is 51. The van der Waals surface area contributed by atoms with E-state index in [1.807, 2.05) is 6.08 Å². The number of ether oxygens (including phenoxy) is 2. The Morgan fingerprint density at radius 2 is 0.826 bits per heavy atom. The zero-order chi connectivity index (χ0) is 50.1. The normalized spacial score (nSPS) is 19.7. The Kier molecular flexibility index (Phi) is 47.4. The summed E-state index contributed by atoms with van der Waals surface area (Å²) in [6, 6.07) is -0.825. The minimum atomic E-state index is -1.57. The Balaban J connectivity index is 2.15. The summed E-state index contributed by atoms with van der Waals surface area (Å²) in [7, 11) is 0. The molecule has 1 saturated heterocycles. The summed E-state index contributed by atoms with van der Waals surface area (Å²) in [5.74, 6) is -0.194. The largest absolute Gasteiger partial charge is 0.394 e. The van der Waals surface area contributed by atoms with E-state index in [0.29, 0.717) is 6.42 Å². The van der Waals surface area contributed by atoms with Crippen LogP contribution in [0.5, 0.6) is 0 Å². The summed E-state index contributed by atoms with van der Waals surface area (Å²) in [6.45, 7) is 3.76. The van der Waals surface area contributed by atoms with Gasteiger partial charge in [-0.15, -0.1) is 0 Å². The van der Waals surface area contributed by atoms with Crippen molar-refractivity contribution in [3.8, 4) is 0 Å². The van der Waals surface area contributed by atoms with Crippen molar-refractivity contribution in [1.29, 1.82) is 0 Å². The topological polar surface area (TPSA) is 149 Å². The number of nitrogens with one attached hydrogen (secondary N) is 1. The van der Waals surface area contributed by atoms with E-state index in [0.717, 1.165) is 57.8 Å². The van der Waals surface area contributed by atoms with E-state index in [1.165, 1.54) is 205 Å². The predicted molar refractivity (Wildman–Crippen MR) is 290 cm³/mol. The standard InChI is InChI=1S/C60H113NO8/c1-3-5-7-9-11-13-15-17-18-19-20-21-22-23-24-25-26-27-28-29-30-31-32-33-34-35-36-38-39-41-43-45-47-49-54(63)53(52-68-60-59(67)58(66)57(65)55(51-62)69-60)61-56(64)50-48-46-44-42-40-37-16-14-12-10-8-6-4-2/h14,16,39,41,47,49,53-55,57-60,62-63,65-67H,3-13,15,17-38,40,42-46,48,50-52H2,1-2H3,(H,61,64)/b16-14-,41-39+,49-47+. The number of aliphatic hydroxyl groups is 5. The van der Waals surface area contributed by atoms with Crippen LogP contribution >= 0.6 is 0 Å². The molecule has 0 bridgehead atoms. The highest BCUT2D eigenvalue weighted by Gasteiger charge is 2.44. The molecule has 1 rings (SSSR count). The first-order valence-electron chi connectivity index (χ1n) is 29.7. The van der Waals surface area contributed by atoms with Crippen LogP contribution in [0.2, 0.25) is 0 Å². The number of amides is 1. The van der Waals surface area contributed by atoms with Gasteiger partial charge in [-0.05, 0) is 57.8 Å². The quantitative estimate of drug-likeness (QED) is 0.0261. The van der Waals surface area contributed by atoms with E-state index in [2.05, 4.69) is 43.5 Å². The molecule has 0 aromatic heterocycles. The molecule has 9 heteroatoms. The number of hydrogen-bond acceptors (Lipinski definition) is 8. The van der Waals surface area contributed by atoms with Gasteiger partial charge < -0.3 is 40.3 Å². The number of aliphatic hydroxyl groups excluding tert-OH is 5. The molecule has 1 fully saturated rings. The van der Waals surface area contributed by atoms with Crippen LogP contribution < -0.4 is 5.32 Å². The third-order valence-corrected chi connectivity index (χ3v) is 14.2. The van der Waals surface area contributed by atoms with Crippen molar-refractivity contribution in [2.75, 3.05) is 13.2 Å². The maximum absolute atomic E-state index is 13.0. The van der Waals surface area contributed by atoms with Crippen molar-refractivity contribution in [3.63, 3.8) is 0 Å². The maximum Gasteiger partial charge on any atom is 0.220 e. The zero-order valence-corrected chi connectivity index (χ0v) is 45.1. The second-order valence-electron chi connectivity index (χ2n) is 20.8. The predicted octanol–water partition coefficient (Wildman–Crippen LogP) is 14.7.